The van der Waals surface area contributed by atoms with Gasteiger partial charge in [0.2, 0.25) is 0 Å². The molecule has 0 radical (unpaired) electrons. The molecular formula is C9H20N2O. The van der Waals surface area contributed by atoms with E-state index in [2.05, 4.69) is 17.1 Å². The quantitative estimate of drug-likeness (QED) is 0.588. The Balaban J connectivity index is 2.06. The minimum Gasteiger partial charge on any atom is -0.396 e. The third kappa shape index (κ3) is 3.52. The lowest BCUT2D eigenvalue weighted by molar-refractivity contribution is 0.195. The molecule has 0 aromatic heterocycles. The van der Waals surface area contributed by atoms with E-state index in [0.717, 1.165) is 39.0 Å². The molecule has 1 saturated heterocycles. The summed E-state index contributed by atoms with van der Waals surface area (Å²) in [7, 11) is 0. The number of piperazine rings is 1. The molecule has 2 N–H and O–H groups in total. The zero-order valence-corrected chi connectivity index (χ0v) is 7.92. The Hall–Kier alpha value is -0.120. The molecule has 0 bridgehead atoms. The van der Waals surface area contributed by atoms with Crippen molar-refractivity contribution in [1.29, 1.82) is 0 Å². The molecule has 0 saturated carbocycles. The Kier molecular flexibility index (Phi) is 4.58. The summed E-state index contributed by atoms with van der Waals surface area (Å²) in [6, 6.07) is 0.632. The number of nitrogens with zero attached hydrogens (tertiary/aromatic N) is 1. The van der Waals surface area contributed by atoms with Gasteiger partial charge in [-0.15, -0.1) is 0 Å². The number of hydrogen-bond donors (Lipinski definition) is 2. The van der Waals surface area contributed by atoms with Crippen LogP contribution in [-0.4, -0.2) is 48.8 Å². The Morgan fingerprint density at radius 1 is 1.50 bits per heavy atom. The summed E-state index contributed by atoms with van der Waals surface area (Å²) in [5.74, 6) is 0. The van der Waals surface area contributed by atoms with Gasteiger partial charge in [-0.3, -0.25) is 0 Å². The van der Waals surface area contributed by atoms with Crippen LogP contribution in [0.2, 0.25) is 0 Å². The van der Waals surface area contributed by atoms with Crippen molar-refractivity contribution in [2.24, 2.45) is 0 Å². The molecule has 72 valence electrons. The molecule has 1 rings (SSSR count). The molecule has 0 unspecified atom stereocenters. The Bertz CT molecular complexity index is 119. The van der Waals surface area contributed by atoms with E-state index < -0.39 is 0 Å². The van der Waals surface area contributed by atoms with Gasteiger partial charge in [0, 0.05) is 32.3 Å². The maximum absolute atomic E-state index is 8.62. The van der Waals surface area contributed by atoms with Gasteiger partial charge in [-0.25, -0.2) is 0 Å². The van der Waals surface area contributed by atoms with E-state index in [1.54, 1.807) is 0 Å². The maximum atomic E-state index is 8.62. The average molecular weight is 172 g/mol. The van der Waals surface area contributed by atoms with Crippen molar-refractivity contribution in [3.05, 3.63) is 0 Å². The number of hydrogen-bond acceptors (Lipinski definition) is 3. The molecule has 0 aliphatic carbocycles. The van der Waals surface area contributed by atoms with Gasteiger partial charge >= 0.3 is 0 Å². The van der Waals surface area contributed by atoms with Crippen molar-refractivity contribution in [3.8, 4) is 0 Å². The first kappa shape index (κ1) is 9.96. The highest BCUT2D eigenvalue weighted by molar-refractivity contribution is 4.74. The standard InChI is InChI=1S/C9H20N2O/c1-9-8-11(6-4-10-9)5-2-3-7-12/h9-10,12H,2-8H2,1H3/t9-/m1/s1. The van der Waals surface area contributed by atoms with Gasteiger partial charge in [-0.2, -0.15) is 0 Å². The molecule has 0 aromatic rings. The third-order valence-corrected chi connectivity index (χ3v) is 2.34. The lowest BCUT2D eigenvalue weighted by atomic mass is 10.2. The highest BCUT2D eigenvalue weighted by atomic mass is 16.2. The van der Waals surface area contributed by atoms with E-state index >= 15 is 0 Å². The molecule has 1 aliphatic heterocycles. The maximum Gasteiger partial charge on any atom is 0.0431 e. The van der Waals surface area contributed by atoms with Crippen LogP contribution in [0.1, 0.15) is 19.8 Å². The van der Waals surface area contributed by atoms with Gasteiger partial charge in [-0.05, 0) is 26.3 Å². The van der Waals surface area contributed by atoms with Crippen molar-refractivity contribution in [2.45, 2.75) is 25.8 Å². The summed E-state index contributed by atoms with van der Waals surface area (Å²) in [5, 5.41) is 12.0. The zero-order chi connectivity index (χ0) is 8.81. The third-order valence-electron chi connectivity index (χ3n) is 2.34. The molecule has 0 spiro atoms. The van der Waals surface area contributed by atoms with Crippen molar-refractivity contribution < 1.29 is 5.11 Å². The van der Waals surface area contributed by atoms with Crippen LogP contribution >= 0.6 is 0 Å². The van der Waals surface area contributed by atoms with E-state index in [1.165, 1.54) is 0 Å². The summed E-state index contributed by atoms with van der Waals surface area (Å²) in [5.41, 5.74) is 0. The normalized spacial score (nSPS) is 26.0. The first-order chi connectivity index (χ1) is 5.83. The molecule has 12 heavy (non-hydrogen) atoms. The Morgan fingerprint density at radius 3 is 3.00 bits per heavy atom. The number of unbranched alkanes of at least 4 members (excludes halogenated alkanes) is 1. The number of nitrogens with one attached hydrogen (secondary N) is 1. The fourth-order valence-electron chi connectivity index (χ4n) is 1.66. The topological polar surface area (TPSA) is 35.5 Å². The highest BCUT2D eigenvalue weighted by Gasteiger charge is 2.13. The van der Waals surface area contributed by atoms with Crippen molar-refractivity contribution >= 4 is 0 Å². The number of aliphatic hydroxyl groups excluding tert-OH is 1. The monoisotopic (exact) mass is 172 g/mol. The summed E-state index contributed by atoms with van der Waals surface area (Å²) < 4.78 is 0. The van der Waals surface area contributed by atoms with Gasteiger partial charge in [0.1, 0.15) is 0 Å². The van der Waals surface area contributed by atoms with E-state index in [0.29, 0.717) is 12.6 Å². The molecule has 3 nitrogen and oxygen atoms in total. The predicted molar refractivity (Wildman–Crippen MR) is 50.2 cm³/mol. The van der Waals surface area contributed by atoms with E-state index in [9.17, 15) is 0 Å². The first-order valence-electron chi connectivity index (χ1n) is 4.89. The van der Waals surface area contributed by atoms with Crippen LogP contribution in [0, 0.1) is 0 Å². The van der Waals surface area contributed by atoms with Crippen LogP contribution in [0.4, 0.5) is 0 Å². The lowest BCUT2D eigenvalue weighted by Crippen LogP contribution is -2.49. The molecule has 1 aliphatic rings. The van der Waals surface area contributed by atoms with Crippen molar-refractivity contribution in [3.63, 3.8) is 0 Å². The molecule has 3 heteroatoms. The number of rotatable bonds is 4. The van der Waals surface area contributed by atoms with E-state index in [1.807, 2.05) is 0 Å². The molecular weight excluding hydrogens is 152 g/mol. The second-order valence-electron chi connectivity index (χ2n) is 3.59. The van der Waals surface area contributed by atoms with Gasteiger partial charge in [0.05, 0.1) is 0 Å². The summed E-state index contributed by atoms with van der Waals surface area (Å²) >= 11 is 0. The van der Waals surface area contributed by atoms with Crippen LogP contribution < -0.4 is 5.32 Å². The van der Waals surface area contributed by atoms with Gasteiger partial charge in [0.15, 0.2) is 0 Å². The summed E-state index contributed by atoms with van der Waals surface area (Å²) in [6.07, 6.45) is 2.07. The molecule has 0 aromatic carbocycles. The Labute approximate surface area is 74.8 Å². The van der Waals surface area contributed by atoms with Crippen LogP contribution in [-0.2, 0) is 0 Å². The molecule has 1 atom stereocenters. The predicted octanol–water partition coefficient (Wildman–Crippen LogP) is 0.0526. The fraction of sp³-hybridized carbons (Fsp3) is 1.00. The van der Waals surface area contributed by atoms with Crippen molar-refractivity contribution in [2.75, 3.05) is 32.8 Å². The molecule has 0 amide bonds. The van der Waals surface area contributed by atoms with Crippen LogP contribution in [0.5, 0.6) is 0 Å². The Morgan fingerprint density at radius 2 is 2.33 bits per heavy atom. The van der Waals surface area contributed by atoms with E-state index in [4.69, 9.17) is 5.11 Å². The van der Waals surface area contributed by atoms with Gasteiger partial charge in [-0.1, -0.05) is 0 Å². The van der Waals surface area contributed by atoms with Crippen LogP contribution in [0.15, 0.2) is 0 Å². The smallest absolute Gasteiger partial charge is 0.0431 e. The minimum absolute atomic E-state index is 0.335. The minimum atomic E-state index is 0.335. The summed E-state index contributed by atoms with van der Waals surface area (Å²) in [4.78, 5) is 2.47. The first-order valence-corrected chi connectivity index (χ1v) is 4.89. The van der Waals surface area contributed by atoms with E-state index in [-0.39, 0.29) is 0 Å². The summed E-state index contributed by atoms with van der Waals surface area (Å²) in [6.45, 7) is 7.13. The van der Waals surface area contributed by atoms with Crippen LogP contribution in [0.3, 0.4) is 0 Å². The average Bonchev–Trinajstić information content (AvgIpc) is 2.05. The van der Waals surface area contributed by atoms with Crippen molar-refractivity contribution in [1.82, 2.24) is 10.2 Å². The lowest BCUT2D eigenvalue weighted by Gasteiger charge is -2.31. The molecule has 1 fully saturated rings. The second kappa shape index (κ2) is 5.51. The van der Waals surface area contributed by atoms with Crippen LogP contribution in [0.25, 0.3) is 0 Å². The molecule has 1 heterocycles. The largest absolute Gasteiger partial charge is 0.396 e. The number of aliphatic hydroxyl groups is 1. The fourth-order valence-corrected chi connectivity index (χ4v) is 1.66. The SMILES string of the molecule is C[C@@H]1CN(CCCCO)CCN1. The second-order valence-corrected chi connectivity index (χ2v) is 3.59. The van der Waals surface area contributed by atoms with Gasteiger partial charge < -0.3 is 15.3 Å². The van der Waals surface area contributed by atoms with Gasteiger partial charge in [0.25, 0.3) is 0 Å². The zero-order valence-electron chi connectivity index (χ0n) is 7.92. The highest BCUT2D eigenvalue weighted by Crippen LogP contribution is 2.00.